The van der Waals surface area contributed by atoms with Crippen LogP contribution in [0.1, 0.15) is 8.22 Å². The second-order valence-electron chi connectivity index (χ2n) is 12.7. The van der Waals surface area contributed by atoms with Crippen molar-refractivity contribution in [2.24, 2.45) is 0 Å². The van der Waals surface area contributed by atoms with E-state index in [-0.39, 0.29) is 69.6 Å². The first kappa shape index (κ1) is 24.7. The summed E-state index contributed by atoms with van der Waals surface area (Å²) in [6.45, 7) is 0. The van der Waals surface area contributed by atoms with Gasteiger partial charge in [0.05, 0.1) is 8.22 Å². The van der Waals surface area contributed by atoms with Crippen LogP contribution in [-0.2, 0) is 0 Å². The van der Waals surface area contributed by atoms with E-state index in [9.17, 15) is 5.48 Å². The van der Waals surface area contributed by atoms with Gasteiger partial charge in [-0.3, -0.25) is 0 Å². The van der Waals surface area contributed by atoms with E-state index >= 15 is 0 Å². The number of hydrogen-bond donors (Lipinski definition) is 0. The monoisotopic (exact) mass is 719 g/mol. The van der Waals surface area contributed by atoms with Gasteiger partial charge in [-0.1, -0.05) is 127 Å². The molecule has 4 heterocycles. The van der Waals surface area contributed by atoms with Crippen LogP contribution in [0.25, 0.3) is 109 Å². The molecule has 53 heavy (non-hydrogen) atoms. The average molecular weight is 720 g/mol. The number of hydrogen-bond acceptors (Lipinski definition) is 6. The average Bonchev–Trinajstić information content (AvgIpc) is 4.00. The Kier molecular flexibility index (Phi) is 5.61. The van der Waals surface area contributed by atoms with Gasteiger partial charge in [0, 0.05) is 68.8 Å². The summed E-state index contributed by atoms with van der Waals surface area (Å²) in [5.41, 5.74) is 4.47. The van der Waals surface area contributed by atoms with Crippen molar-refractivity contribution in [3.63, 3.8) is 0 Å². The minimum atomic E-state index is -0.332. The number of nitrogens with zero attached hydrogens (tertiary/aromatic N) is 3. The molecule has 4 aromatic heterocycles. The van der Waals surface area contributed by atoms with Gasteiger partial charge in [-0.25, -0.2) is 15.0 Å². The summed E-state index contributed by atoms with van der Waals surface area (Å²) in [4.78, 5) is 14.5. The molecule has 0 unspecified atom stereocenters. The van der Waals surface area contributed by atoms with E-state index in [0.29, 0.717) is 33.9 Å². The van der Waals surface area contributed by atoms with E-state index in [4.69, 9.17) is 22.1 Å². The summed E-state index contributed by atoms with van der Waals surface area (Å²) in [6, 6.07) is 37.8. The van der Waals surface area contributed by atoms with Gasteiger partial charge in [0.15, 0.2) is 17.5 Å². The van der Waals surface area contributed by atoms with Crippen LogP contribution >= 0.6 is 22.7 Å². The molecule has 0 spiro atoms. The fourth-order valence-electron chi connectivity index (χ4n) is 7.04. The molecular formula is C47H27N3OS2. The van der Waals surface area contributed by atoms with Crippen LogP contribution in [0.3, 0.4) is 0 Å². The number of aromatic nitrogens is 3. The number of benzene rings is 7. The summed E-state index contributed by atoms with van der Waals surface area (Å²) in [7, 11) is 0. The first-order valence-corrected chi connectivity index (χ1v) is 18.7. The lowest BCUT2D eigenvalue weighted by atomic mass is 9.97. The third-order valence-corrected chi connectivity index (χ3v) is 11.8. The molecule has 6 heteroatoms. The second kappa shape index (κ2) is 12.1. The molecule has 248 valence electrons. The quantitative estimate of drug-likeness (QED) is 0.178. The molecule has 0 saturated heterocycles. The highest BCUT2D eigenvalue weighted by atomic mass is 32.1. The van der Waals surface area contributed by atoms with E-state index in [0.717, 1.165) is 31.3 Å². The van der Waals surface area contributed by atoms with E-state index < -0.39 is 0 Å². The summed E-state index contributed by atoms with van der Waals surface area (Å²) < 4.78 is 65.0. The van der Waals surface area contributed by atoms with Crippen molar-refractivity contribution in [2.45, 2.75) is 0 Å². The van der Waals surface area contributed by atoms with Gasteiger partial charge < -0.3 is 4.42 Å². The van der Waals surface area contributed by atoms with E-state index in [1.807, 2.05) is 109 Å². The van der Waals surface area contributed by atoms with Gasteiger partial charge in [0.25, 0.3) is 0 Å². The van der Waals surface area contributed by atoms with Crippen LogP contribution in [0.15, 0.2) is 167 Å². The minimum Gasteiger partial charge on any atom is -0.456 e. The third kappa shape index (κ3) is 4.99. The van der Waals surface area contributed by atoms with Crippen molar-refractivity contribution < 1.29 is 12.6 Å². The maximum Gasteiger partial charge on any atom is 0.164 e. The van der Waals surface area contributed by atoms with E-state index in [1.165, 1.54) is 10.1 Å². The Labute approximate surface area is 320 Å². The highest BCUT2D eigenvalue weighted by molar-refractivity contribution is 7.26. The molecule has 0 amide bonds. The molecular weight excluding hydrogens is 687 g/mol. The summed E-state index contributed by atoms with van der Waals surface area (Å²) >= 11 is 3.26. The number of furan rings is 1. The highest BCUT2D eigenvalue weighted by Crippen LogP contribution is 2.44. The van der Waals surface area contributed by atoms with Crippen LogP contribution in [0, 0.1) is 0 Å². The lowest BCUT2D eigenvalue weighted by molar-refractivity contribution is 0.669. The standard InChI is InChI=1S/C47H27N3OS2/c1-2-10-29(11-3-1)45-48-46(30-22-20-28(21-23-30)38-27-52-41-18-6-4-13-33(38)41)50-47(49-45)31-24-25-37-40(26-31)51-39-17-9-14-34(43(37)39)36-16-8-15-35-32-12-5-7-19-42(32)53-44(35)36/h1-27H/i9D,14D,17D,24D,25D,26D. The predicted octanol–water partition coefficient (Wildman–Crippen LogP) is 13.7. The van der Waals surface area contributed by atoms with Gasteiger partial charge in [-0.2, -0.15) is 0 Å². The zero-order valence-corrected chi connectivity index (χ0v) is 29.3. The Balaban J connectivity index is 1.13. The maximum atomic E-state index is 9.58. The molecule has 0 saturated carbocycles. The van der Waals surface area contributed by atoms with Crippen LogP contribution in [0.4, 0.5) is 0 Å². The van der Waals surface area contributed by atoms with Crippen molar-refractivity contribution in [3.05, 3.63) is 163 Å². The lowest BCUT2D eigenvalue weighted by Gasteiger charge is -2.09. The normalized spacial score (nSPS) is 13.4. The number of thiophene rings is 2. The largest absolute Gasteiger partial charge is 0.456 e. The van der Waals surface area contributed by atoms with Gasteiger partial charge in [-0.15, -0.1) is 22.7 Å². The Morgan fingerprint density at radius 2 is 1.15 bits per heavy atom. The van der Waals surface area contributed by atoms with Crippen molar-refractivity contribution in [2.75, 3.05) is 0 Å². The molecule has 0 atom stereocenters. The molecule has 0 aliphatic heterocycles. The fourth-order valence-corrected chi connectivity index (χ4v) is 9.23. The van der Waals surface area contributed by atoms with Crippen molar-refractivity contribution in [3.8, 4) is 56.4 Å². The van der Waals surface area contributed by atoms with Crippen molar-refractivity contribution in [1.82, 2.24) is 15.0 Å². The van der Waals surface area contributed by atoms with E-state index in [2.05, 4.69) is 17.5 Å². The Morgan fingerprint density at radius 1 is 0.472 bits per heavy atom. The second-order valence-corrected chi connectivity index (χ2v) is 14.6. The molecule has 0 N–H and O–H groups in total. The summed E-state index contributed by atoms with van der Waals surface area (Å²) in [6.07, 6.45) is 0. The van der Waals surface area contributed by atoms with Gasteiger partial charge in [-0.05, 0) is 46.8 Å². The Bertz CT molecular complexity index is 3530. The Hall–Kier alpha value is -6.47. The predicted molar refractivity (Wildman–Crippen MR) is 223 cm³/mol. The minimum absolute atomic E-state index is 0.0209. The zero-order chi connectivity index (χ0) is 40.1. The molecule has 0 aliphatic carbocycles. The first-order valence-electron chi connectivity index (χ1n) is 20.0. The first-order chi connectivity index (χ1) is 28.8. The molecule has 7 aromatic carbocycles. The SMILES string of the molecule is [2H]c1c([2H])c(-c2cccc3c2sc2ccccc23)c2c(oc3c([2H])c(-c4nc(-c5ccccc5)nc(-c5ccc(-c6csc7ccccc67)cc5)n4)c([2H])c([2H])c32)c1[2H]. The maximum absolute atomic E-state index is 9.58. The molecule has 11 aromatic rings. The Morgan fingerprint density at radius 3 is 1.98 bits per heavy atom. The van der Waals surface area contributed by atoms with Gasteiger partial charge in [0.2, 0.25) is 0 Å². The van der Waals surface area contributed by atoms with Crippen LogP contribution in [0.2, 0.25) is 0 Å². The van der Waals surface area contributed by atoms with E-state index in [1.54, 1.807) is 22.7 Å². The molecule has 0 aliphatic rings. The smallest absolute Gasteiger partial charge is 0.164 e. The van der Waals surface area contributed by atoms with Gasteiger partial charge in [0.1, 0.15) is 11.2 Å². The fraction of sp³-hybridized carbons (Fsp3) is 0. The highest BCUT2D eigenvalue weighted by Gasteiger charge is 2.19. The summed E-state index contributed by atoms with van der Waals surface area (Å²) in [5.74, 6) is 0.685. The van der Waals surface area contributed by atoms with Crippen molar-refractivity contribution >= 4 is 74.9 Å². The van der Waals surface area contributed by atoms with Gasteiger partial charge >= 0.3 is 0 Å². The molecule has 4 nitrogen and oxygen atoms in total. The molecule has 0 fully saturated rings. The number of fused-ring (bicyclic) bond motifs is 7. The molecule has 0 bridgehead atoms. The van der Waals surface area contributed by atoms with Crippen LogP contribution in [-0.4, -0.2) is 15.0 Å². The molecule has 11 rings (SSSR count). The van der Waals surface area contributed by atoms with Crippen molar-refractivity contribution in [1.29, 1.82) is 0 Å². The third-order valence-electron chi connectivity index (χ3n) is 9.57. The number of rotatable bonds is 5. The molecule has 0 radical (unpaired) electrons. The van der Waals surface area contributed by atoms with Crippen LogP contribution in [0.5, 0.6) is 0 Å². The van der Waals surface area contributed by atoms with Crippen LogP contribution < -0.4 is 0 Å². The zero-order valence-electron chi connectivity index (χ0n) is 33.7. The lowest BCUT2D eigenvalue weighted by Crippen LogP contribution is -2.00. The summed E-state index contributed by atoms with van der Waals surface area (Å²) in [5, 5.41) is 5.76. The topological polar surface area (TPSA) is 51.8 Å².